The molecule has 1 aromatic heterocycles. The molecule has 0 radical (unpaired) electrons. The summed E-state index contributed by atoms with van der Waals surface area (Å²) in [5.74, 6) is 2.46. The van der Waals surface area contributed by atoms with E-state index in [1.54, 1.807) is 25.2 Å². The first-order valence-electron chi connectivity index (χ1n) is 7.79. The van der Waals surface area contributed by atoms with Crippen molar-refractivity contribution in [1.29, 1.82) is 0 Å². The summed E-state index contributed by atoms with van der Waals surface area (Å²) < 4.78 is 5.25. The minimum Gasteiger partial charge on any atom is -0.497 e. The molecule has 2 aromatic carbocycles. The summed E-state index contributed by atoms with van der Waals surface area (Å²) in [6, 6.07) is 17.8. The number of halogens is 1. The van der Waals surface area contributed by atoms with E-state index >= 15 is 0 Å². The number of methoxy groups -OCH3 is 1. The smallest absolute Gasteiger partial charge is 0.130 e. The summed E-state index contributed by atoms with van der Waals surface area (Å²) in [5, 5.41) is 4.95. The van der Waals surface area contributed by atoms with Crippen LogP contribution in [0.1, 0.15) is 11.1 Å². The van der Waals surface area contributed by atoms with Gasteiger partial charge in [-0.25, -0.2) is 9.97 Å². The third kappa shape index (κ3) is 5.11. The van der Waals surface area contributed by atoms with Crippen LogP contribution in [-0.2, 0) is 12.3 Å². The Balaban J connectivity index is 1.60. The van der Waals surface area contributed by atoms with E-state index in [1.807, 2.05) is 48.5 Å². The van der Waals surface area contributed by atoms with E-state index in [9.17, 15) is 0 Å². The van der Waals surface area contributed by atoms with E-state index in [4.69, 9.17) is 16.3 Å². The first kappa shape index (κ1) is 17.6. The summed E-state index contributed by atoms with van der Waals surface area (Å²) >= 11 is 7.84. The standard InChI is InChI=1S/C19H18ClN3OS/c1-24-16-7-4-5-14(9-16)12-25-19-10-18(22-13-23-19)21-11-15-6-2-3-8-17(15)20/h2-10,13H,11-12H2,1H3,(H,21,22,23). The van der Waals surface area contributed by atoms with Crippen molar-refractivity contribution >= 4 is 29.2 Å². The first-order valence-corrected chi connectivity index (χ1v) is 9.16. The lowest BCUT2D eigenvalue weighted by molar-refractivity contribution is 0.414. The summed E-state index contributed by atoms with van der Waals surface area (Å²) in [4.78, 5) is 8.59. The van der Waals surface area contributed by atoms with Crippen LogP contribution in [0.4, 0.5) is 5.82 Å². The van der Waals surface area contributed by atoms with Gasteiger partial charge in [0.05, 0.1) is 7.11 Å². The van der Waals surface area contributed by atoms with E-state index in [-0.39, 0.29) is 0 Å². The van der Waals surface area contributed by atoms with Gasteiger partial charge in [0, 0.05) is 23.4 Å². The number of hydrogen-bond donors (Lipinski definition) is 1. The van der Waals surface area contributed by atoms with E-state index in [0.717, 1.165) is 32.9 Å². The zero-order chi connectivity index (χ0) is 17.5. The average Bonchev–Trinajstić information content (AvgIpc) is 2.66. The van der Waals surface area contributed by atoms with Crippen molar-refractivity contribution in [2.45, 2.75) is 17.3 Å². The van der Waals surface area contributed by atoms with Gasteiger partial charge in [0.25, 0.3) is 0 Å². The zero-order valence-corrected chi connectivity index (χ0v) is 15.3. The van der Waals surface area contributed by atoms with Crippen LogP contribution in [0.25, 0.3) is 0 Å². The third-order valence-corrected chi connectivity index (χ3v) is 4.95. The largest absolute Gasteiger partial charge is 0.497 e. The molecule has 0 aliphatic carbocycles. The number of aromatic nitrogens is 2. The van der Waals surface area contributed by atoms with Gasteiger partial charge in [0.1, 0.15) is 22.9 Å². The van der Waals surface area contributed by atoms with Crippen LogP contribution in [0.5, 0.6) is 5.75 Å². The molecule has 0 spiro atoms. The topological polar surface area (TPSA) is 47.0 Å². The number of ether oxygens (including phenoxy) is 1. The number of rotatable bonds is 7. The molecule has 4 nitrogen and oxygen atoms in total. The van der Waals surface area contributed by atoms with E-state index in [2.05, 4.69) is 21.4 Å². The third-order valence-electron chi connectivity index (χ3n) is 3.58. The molecule has 0 aliphatic rings. The summed E-state index contributed by atoms with van der Waals surface area (Å²) in [7, 11) is 1.67. The van der Waals surface area contributed by atoms with Gasteiger partial charge in [-0.05, 0) is 29.3 Å². The van der Waals surface area contributed by atoms with Gasteiger partial charge >= 0.3 is 0 Å². The van der Waals surface area contributed by atoms with Crippen LogP contribution >= 0.6 is 23.4 Å². The monoisotopic (exact) mass is 371 g/mol. The highest BCUT2D eigenvalue weighted by atomic mass is 35.5. The maximum absolute atomic E-state index is 6.18. The molecule has 1 heterocycles. The Bertz CT molecular complexity index is 844. The second kappa shape index (κ2) is 8.74. The Morgan fingerprint density at radius 2 is 1.96 bits per heavy atom. The number of hydrogen-bond acceptors (Lipinski definition) is 5. The Morgan fingerprint density at radius 1 is 1.08 bits per heavy atom. The fourth-order valence-electron chi connectivity index (χ4n) is 2.26. The second-order valence-corrected chi connectivity index (χ2v) is 6.73. The molecule has 0 aliphatic heterocycles. The highest BCUT2D eigenvalue weighted by molar-refractivity contribution is 7.98. The van der Waals surface area contributed by atoms with Crippen LogP contribution in [0.15, 0.2) is 66.0 Å². The summed E-state index contributed by atoms with van der Waals surface area (Å²) in [6.45, 7) is 0.622. The second-order valence-electron chi connectivity index (χ2n) is 5.33. The maximum atomic E-state index is 6.18. The van der Waals surface area contributed by atoms with Crippen molar-refractivity contribution in [2.75, 3.05) is 12.4 Å². The zero-order valence-electron chi connectivity index (χ0n) is 13.8. The Hall–Kier alpha value is -2.24. The fourth-order valence-corrected chi connectivity index (χ4v) is 3.28. The van der Waals surface area contributed by atoms with E-state index < -0.39 is 0 Å². The van der Waals surface area contributed by atoms with Crippen LogP contribution in [0.3, 0.4) is 0 Å². The molecule has 3 rings (SSSR count). The van der Waals surface area contributed by atoms with Crippen molar-refractivity contribution in [3.63, 3.8) is 0 Å². The van der Waals surface area contributed by atoms with Gasteiger partial charge in [-0.2, -0.15) is 0 Å². The number of nitrogens with one attached hydrogen (secondary N) is 1. The molecule has 0 saturated carbocycles. The molecule has 6 heteroatoms. The lowest BCUT2D eigenvalue weighted by Crippen LogP contribution is -2.02. The van der Waals surface area contributed by atoms with Gasteiger partial charge < -0.3 is 10.1 Å². The molecule has 1 N–H and O–H groups in total. The fraction of sp³-hybridized carbons (Fsp3) is 0.158. The van der Waals surface area contributed by atoms with E-state index in [1.165, 1.54) is 5.56 Å². The number of nitrogens with zero attached hydrogens (tertiary/aromatic N) is 2. The molecule has 0 bridgehead atoms. The first-order chi connectivity index (χ1) is 12.2. The molecule has 128 valence electrons. The Kier molecular flexibility index (Phi) is 6.14. The normalized spacial score (nSPS) is 10.5. The van der Waals surface area contributed by atoms with E-state index in [0.29, 0.717) is 6.54 Å². The molecule has 0 saturated heterocycles. The number of anilines is 1. The van der Waals surface area contributed by atoms with Crippen LogP contribution in [0.2, 0.25) is 5.02 Å². The molecular formula is C19H18ClN3OS. The van der Waals surface area contributed by atoms with Crippen molar-refractivity contribution in [3.05, 3.63) is 77.1 Å². The maximum Gasteiger partial charge on any atom is 0.130 e. The highest BCUT2D eigenvalue weighted by Crippen LogP contribution is 2.24. The van der Waals surface area contributed by atoms with Crippen LogP contribution in [0, 0.1) is 0 Å². The van der Waals surface area contributed by atoms with Crippen molar-refractivity contribution in [3.8, 4) is 5.75 Å². The lowest BCUT2D eigenvalue weighted by Gasteiger charge is -2.08. The predicted octanol–water partition coefficient (Wildman–Crippen LogP) is 5.04. The molecular weight excluding hydrogens is 354 g/mol. The minimum atomic E-state index is 0.622. The lowest BCUT2D eigenvalue weighted by atomic mass is 10.2. The van der Waals surface area contributed by atoms with Gasteiger partial charge in [-0.3, -0.25) is 0 Å². The van der Waals surface area contributed by atoms with Crippen LogP contribution < -0.4 is 10.1 Å². The number of thioether (sulfide) groups is 1. The number of benzene rings is 2. The van der Waals surface area contributed by atoms with Gasteiger partial charge in [-0.15, -0.1) is 11.8 Å². The quantitative estimate of drug-likeness (QED) is 0.465. The Morgan fingerprint density at radius 3 is 2.80 bits per heavy atom. The molecule has 0 unspecified atom stereocenters. The van der Waals surface area contributed by atoms with Crippen molar-refractivity contribution in [2.24, 2.45) is 0 Å². The SMILES string of the molecule is COc1cccc(CSc2cc(NCc3ccccc3Cl)ncn2)c1. The van der Waals surface area contributed by atoms with Crippen molar-refractivity contribution < 1.29 is 4.74 Å². The molecule has 0 atom stereocenters. The molecule has 3 aromatic rings. The van der Waals surface area contributed by atoms with Gasteiger partial charge in [-0.1, -0.05) is 41.9 Å². The Labute approximate surface area is 156 Å². The van der Waals surface area contributed by atoms with Crippen LogP contribution in [-0.4, -0.2) is 17.1 Å². The molecule has 0 amide bonds. The molecule has 25 heavy (non-hydrogen) atoms. The van der Waals surface area contributed by atoms with Crippen molar-refractivity contribution in [1.82, 2.24) is 9.97 Å². The molecule has 0 fully saturated rings. The summed E-state index contributed by atoms with van der Waals surface area (Å²) in [5.41, 5.74) is 2.22. The van der Waals surface area contributed by atoms with Gasteiger partial charge in [0.15, 0.2) is 0 Å². The minimum absolute atomic E-state index is 0.622. The average molecular weight is 372 g/mol. The summed E-state index contributed by atoms with van der Waals surface area (Å²) in [6.07, 6.45) is 1.57. The highest BCUT2D eigenvalue weighted by Gasteiger charge is 2.03. The van der Waals surface area contributed by atoms with Gasteiger partial charge in [0.2, 0.25) is 0 Å². The predicted molar refractivity (Wildman–Crippen MR) is 103 cm³/mol.